The Morgan fingerprint density at radius 2 is 1.95 bits per heavy atom. The van der Waals surface area contributed by atoms with E-state index in [0.29, 0.717) is 11.6 Å². The molecule has 2 rings (SSSR count). The standard InChI is InChI=1S/C14H12F3N3O2/c1-2-14(16,17)22-10-5-3-9(4-6-10)8-21-13-19-7-11(15)12(18)20-13/h2-7H,1,8H2,(H2,18,19,20). The second-order valence-corrected chi connectivity index (χ2v) is 4.19. The number of benzene rings is 1. The number of ether oxygens (including phenoxy) is 2. The molecule has 0 saturated heterocycles. The van der Waals surface area contributed by atoms with E-state index in [9.17, 15) is 13.2 Å². The van der Waals surface area contributed by atoms with Crippen LogP contribution in [0.15, 0.2) is 43.1 Å². The molecule has 0 unspecified atom stereocenters. The van der Waals surface area contributed by atoms with Gasteiger partial charge in [-0.3, -0.25) is 0 Å². The number of rotatable bonds is 6. The van der Waals surface area contributed by atoms with Gasteiger partial charge in [0, 0.05) is 6.08 Å². The Morgan fingerprint density at radius 1 is 1.27 bits per heavy atom. The van der Waals surface area contributed by atoms with Crippen LogP contribution < -0.4 is 15.2 Å². The Morgan fingerprint density at radius 3 is 2.55 bits per heavy atom. The van der Waals surface area contributed by atoms with Gasteiger partial charge in [-0.15, -0.1) is 0 Å². The Labute approximate surface area is 124 Å². The van der Waals surface area contributed by atoms with Crippen molar-refractivity contribution in [2.24, 2.45) is 0 Å². The van der Waals surface area contributed by atoms with Crippen LogP contribution in [0.2, 0.25) is 0 Å². The molecular weight excluding hydrogens is 299 g/mol. The molecule has 0 spiro atoms. The summed E-state index contributed by atoms with van der Waals surface area (Å²) in [7, 11) is 0. The highest BCUT2D eigenvalue weighted by atomic mass is 19.3. The zero-order chi connectivity index (χ0) is 16.2. The minimum Gasteiger partial charge on any atom is -0.459 e. The first kappa shape index (κ1) is 15.6. The largest absolute Gasteiger partial charge is 0.459 e. The van der Waals surface area contributed by atoms with Crippen LogP contribution in [0.4, 0.5) is 19.0 Å². The molecule has 2 N–H and O–H groups in total. The van der Waals surface area contributed by atoms with Crippen LogP contribution in [0.1, 0.15) is 5.56 Å². The molecule has 0 aliphatic heterocycles. The third-order valence-corrected chi connectivity index (χ3v) is 2.53. The topological polar surface area (TPSA) is 70.3 Å². The van der Waals surface area contributed by atoms with Gasteiger partial charge >= 0.3 is 12.1 Å². The molecule has 116 valence electrons. The van der Waals surface area contributed by atoms with Gasteiger partial charge in [-0.25, -0.2) is 9.37 Å². The van der Waals surface area contributed by atoms with Crippen LogP contribution in [0.25, 0.3) is 0 Å². The number of hydrogen-bond acceptors (Lipinski definition) is 5. The maximum atomic E-state index is 13.0. The van der Waals surface area contributed by atoms with E-state index >= 15 is 0 Å². The first-order valence-electron chi connectivity index (χ1n) is 6.10. The SMILES string of the molecule is C=CC(F)(F)Oc1ccc(COc2ncc(F)c(N)n2)cc1. The first-order valence-corrected chi connectivity index (χ1v) is 6.10. The molecule has 1 heterocycles. The number of halogens is 3. The van der Waals surface area contributed by atoms with E-state index in [1.807, 2.05) is 0 Å². The van der Waals surface area contributed by atoms with Crippen LogP contribution in [0.5, 0.6) is 11.8 Å². The minimum absolute atomic E-state index is 0.0177. The van der Waals surface area contributed by atoms with Crippen molar-refractivity contribution in [1.82, 2.24) is 9.97 Å². The summed E-state index contributed by atoms with van der Waals surface area (Å²) < 4.78 is 48.4. The third kappa shape index (κ3) is 4.11. The van der Waals surface area contributed by atoms with Crippen molar-refractivity contribution in [3.05, 3.63) is 54.5 Å². The van der Waals surface area contributed by atoms with Crippen molar-refractivity contribution >= 4 is 5.82 Å². The zero-order valence-electron chi connectivity index (χ0n) is 11.3. The predicted molar refractivity (Wildman–Crippen MR) is 72.9 cm³/mol. The maximum absolute atomic E-state index is 13.0. The molecule has 0 atom stereocenters. The van der Waals surface area contributed by atoms with Crippen molar-refractivity contribution in [3.8, 4) is 11.8 Å². The van der Waals surface area contributed by atoms with Gasteiger partial charge in [-0.2, -0.15) is 13.8 Å². The molecule has 2 aromatic rings. The van der Waals surface area contributed by atoms with E-state index in [0.717, 1.165) is 6.20 Å². The Hall–Kier alpha value is -2.77. The Bertz CT molecular complexity index is 663. The summed E-state index contributed by atoms with van der Waals surface area (Å²) in [6.07, 6.45) is -2.14. The van der Waals surface area contributed by atoms with Gasteiger partial charge in [0.15, 0.2) is 11.6 Å². The lowest BCUT2D eigenvalue weighted by molar-refractivity contribution is -0.131. The van der Waals surface area contributed by atoms with E-state index in [4.69, 9.17) is 10.5 Å². The fraction of sp³-hybridized carbons (Fsp3) is 0.143. The summed E-state index contributed by atoms with van der Waals surface area (Å²) in [5.74, 6) is -1.08. The number of nitrogen functional groups attached to an aromatic ring is 1. The van der Waals surface area contributed by atoms with E-state index in [1.54, 1.807) is 0 Å². The summed E-state index contributed by atoms with van der Waals surface area (Å²) in [5.41, 5.74) is 5.93. The number of aromatic nitrogens is 2. The molecule has 1 aromatic carbocycles. The van der Waals surface area contributed by atoms with Gasteiger partial charge in [0.05, 0.1) is 6.20 Å². The molecule has 0 saturated carbocycles. The van der Waals surface area contributed by atoms with Gasteiger partial charge in [0.25, 0.3) is 0 Å². The van der Waals surface area contributed by atoms with Crippen LogP contribution in [-0.2, 0) is 6.61 Å². The third-order valence-electron chi connectivity index (χ3n) is 2.53. The molecule has 0 bridgehead atoms. The van der Waals surface area contributed by atoms with E-state index in [-0.39, 0.29) is 24.2 Å². The van der Waals surface area contributed by atoms with Crippen molar-refractivity contribution < 1.29 is 22.6 Å². The molecule has 0 aliphatic carbocycles. The van der Waals surface area contributed by atoms with Gasteiger partial charge < -0.3 is 15.2 Å². The maximum Gasteiger partial charge on any atom is 0.419 e. The van der Waals surface area contributed by atoms with E-state index in [2.05, 4.69) is 21.3 Å². The van der Waals surface area contributed by atoms with Crippen molar-refractivity contribution in [2.45, 2.75) is 12.7 Å². The smallest absolute Gasteiger partial charge is 0.419 e. The van der Waals surface area contributed by atoms with E-state index < -0.39 is 11.9 Å². The second-order valence-electron chi connectivity index (χ2n) is 4.19. The number of anilines is 1. The molecule has 5 nitrogen and oxygen atoms in total. The average molecular weight is 311 g/mol. The Balaban J connectivity index is 1.96. The van der Waals surface area contributed by atoms with E-state index in [1.165, 1.54) is 24.3 Å². The molecule has 0 aliphatic rings. The number of nitrogens with zero attached hydrogens (tertiary/aromatic N) is 2. The minimum atomic E-state index is -3.43. The zero-order valence-corrected chi connectivity index (χ0v) is 11.3. The first-order chi connectivity index (χ1) is 10.4. The lowest BCUT2D eigenvalue weighted by Gasteiger charge is -2.13. The molecule has 8 heteroatoms. The Kier molecular flexibility index (Phi) is 4.50. The number of alkyl halides is 2. The van der Waals surface area contributed by atoms with Gasteiger partial charge in [-0.1, -0.05) is 18.7 Å². The average Bonchev–Trinajstić information content (AvgIpc) is 2.49. The van der Waals surface area contributed by atoms with Gasteiger partial charge in [0.2, 0.25) is 0 Å². The summed E-state index contributed by atoms with van der Waals surface area (Å²) in [6.45, 7) is 3.04. The predicted octanol–water partition coefficient (Wildman–Crippen LogP) is 2.93. The van der Waals surface area contributed by atoms with Gasteiger partial charge in [-0.05, 0) is 17.7 Å². The quantitative estimate of drug-likeness (QED) is 0.831. The number of hydrogen-bond donors (Lipinski definition) is 1. The summed E-state index contributed by atoms with van der Waals surface area (Å²) >= 11 is 0. The molecule has 0 radical (unpaired) electrons. The summed E-state index contributed by atoms with van der Waals surface area (Å²) in [4.78, 5) is 7.21. The van der Waals surface area contributed by atoms with Gasteiger partial charge in [0.1, 0.15) is 12.4 Å². The van der Waals surface area contributed by atoms with Crippen molar-refractivity contribution in [2.75, 3.05) is 5.73 Å². The van der Waals surface area contributed by atoms with Crippen molar-refractivity contribution in [3.63, 3.8) is 0 Å². The number of nitrogens with two attached hydrogens (primary N) is 1. The fourth-order valence-electron chi connectivity index (χ4n) is 1.43. The summed E-state index contributed by atoms with van der Waals surface area (Å²) in [5, 5.41) is 0. The lowest BCUT2D eigenvalue weighted by atomic mass is 10.2. The fourth-order valence-corrected chi connectivity index (χ4v) is 1.43. The molecule has 0 fully saturated rings. The normalized spacial score (nSPS) is 11.0. The monoisotopic (exact) mass is 311 g/mol. The molecule has 0 amide bonds. The molecular formula is C14H12F3N3O2. The molecule has 1 aromatic heterocycles. The van der Waals surface area contributed by atoms with Crippen LogP contribution >= 0.6 is 0 Å². The van der Waals surface area contributed by atoms with Crippen LogP contribution in [0, 0.1) is 5.82 Å². The molecule has 22 heavy (non-hydrogen) atoms. The second kappa shape index (κ2) is 6.33. The highest BCUT2D eigenvalue weighted by Gasteiger charge is 2.26. The summed E-state index contributed by atoms with van der Waals surface area (Å²) in [6, 6.07) is 5.69. The van der Waals surface area contributed by atoms with Crippen LogP contribution in [-0.4, -0.2) is 16.1 Å². The highest BCUT2D eigenvalue weighted by molar-refractivity contribution is 5.30. The van der Waals surface area contributed by atoms with Crippen molar-refractivity contribution in [1.29, 1.82) is 0 Å². The van der Waals surface area contributed by atoms with Crippen LogP contribution in [0.3, 0.4) is 0 Å². The highest BCUT2D eigenvalue weighted by Crippen LogP contribution is 2.22. The lowest BCUT2D eigenvalue weighted by Crippen LogP contribution is -2.20.